The van der Waals surface area contributed by atoms with Crippen LogP contribution in [0.3, 0.4) is 0 Å². The standard InChI is InChI=1S/C10H18O2/c1-2-3-7-12-8-9-5-4-6-10(9)11/h4-5,9-11H,2-3,6-8H2,1H3/t9-,10+/m0/s1. The molecule has 0 bridgehead atoms. The third-order valence-corrected chi connectivity index (χ3v) is 2.21. The lowest BCUT2D eigenvalue weighted by Crippen LogP contribution is -2.19. The van der Waals surface area contributed by atoms with E-state index in [4.69, 9.17) is 4.74 Å². The van der Waals surface area contributed by atoms with Gasteiger partial charge in [-0.25, -0.2) is 0 Å². The second-order valence-electron chi connectivity index (χ2n) is 3.32. The molecule has 12 heavy (non-hydrogen) atoms. The number of aliphatic hydroxyl groups excluding tert-OH is 1. The maximum absolute atomic E-state index is 9.40. The van der Waals surface area contributed by atoms with E-state index in [-0.39, 0.29) is 12.0 Å². The fourth-order valence-electron chi connectivity index (χ4n) is 1.33. The number of rotatable bonds is 5. The van der Waals surface area contributed by atoms with E-state index in [1.165, 1.54) is 6.42 Å². The molecule has 70 valence electrons. The van der Waals surface area contributed by atoms with E-state index >= 15 is 0 Å². The molecular weight excluding hydrogens is 152 g/mol. The zero-order valence-corrected chi connectivity index (χ0v) is 7.70. The maximum Gasteiger partial charge on any atom is 0.0659 e. The molecular formula is C10H18O2. The fourth-order valence-corrected chi connectivity index (χ4v) is 1.33. The summed E-state index contributed by atoms with van der Waals surface area (Å²) in [7, 11) is 0. The van der Waals surface area contributed by atoms with E-state index in [0.29, 0.717) is 6.61 Å². The van der Waals surface area contributed by atoms with Crippen LogP contribution in [-0.2, 0) is 4.74 Å². The topological polar surface area (TPSA) is 29.5 Å². The quantitative estimate of drug-likeness (QED) is 0.503. The van der Waals surface area contributed by atoms with E-state index < -0.39 is 0 Å². The Morgan fingerprint density at radius 3 is 3.00 bits per heavy atom. The summed E-state index contributed by atoms with van der Waals surface area (Å²) in [4.78, 5) is 0. The summed E-state index contributed by atoms with van der Waals surface area (Å²) in [5, 5.41) is 9.40. The van der Waals surface area contributed by atoms with Gasteiger partial charge in [0.2, 0.25) is 0 Å². The van der Waals surface area contributed by atoms with Crippen LogP contribution in [0.2, 0.25) is 0 Å². The minimum atomic E-state index is -0.202. The molecule has 1 N–H and O–H groups in total. The van der Waals surface area contributed by atoms with Crippen molar-refractivity contribution in [1.29, 1.82) is 0 Å². The Labute approximate surface area is 74.2 Å². The van der Waals surface area contributed by atoms with Crippen LogP contribution in [0.4, 0.5) is 0 Å². The number of ether oxygens (including phenoxy) is 1. The smallest absolute Gasteiger partial charge is 0.0659 e. The minimum absolute atomic E-state index is 0.202. The van der Waals surface area contributed by atoms with Gasteiger partial charge in [-0.2, -0.15) is 0 Å². The highest BCUT2D eigenvalue weighted by atomic mass is 16.5. The Kier molecular flexibility index (Phi) is 4.33. The molecule has 0 unspecified atom stereocenters. The maximum atomic E-state index is 9.40. The Morgan fingerprint density at radius 2 is 2.42 bits per heavy atom. The van der Waals surface area contributed by atoms with Gasteiger partial charge in [0.15, 0.2) is 0 Å². The first-order valence-electron chi connectivity index (χ1n) is 4.77. The molecule has 0 aromatic rings. The molecule has 2 nitrogen and oxygen atoms in total. The average Bonchev–Trinajstić information content (AvgIpc) is 2.46. The van der Waals surface area contributed by atoms with Crippen molar-refractivity contribution in [3.05, 3.63) is 12.2 Å². The van der Waals surface area contributed by atoms with Crippen LogP contribution < -0.4 is 0 Å². The van der Waals surface area contributed by atoms with Gasteiger partial charge in [0.1, 0.15) is 0 Å². The monoisotopic (exact) mass is 170 g/mol. The van der Waals surface area contributed by atoms with Crippen molar-refractivity contribution in [1.82, 2.24) is 0 Å². The SMILES string of the molecule is CCCCOC[C@@H]1C=CC[C@H]1O. The normalized spacial score (nSPS) is 28.2. The first-order chi connectivity index (χ1) is 5.84. The lowest BCUT2D eigenvalue weighted by Gasteiger charge is -2.13. The number of unbranched alkanes of at least 4 members (excludes halogenated alkanes) is 1. The number of aliphatic hydroxyl groups is 1. The third kappa shape index (κ3) is 2.95. The molecule has 1 aliphatic rings. The first-order valence-corrected chi connectivity index (χ1v) is 4.77. The van der Waals surface area contributed by atoms with Gasteiger partial charge in [0, 0.05) is 12.5 Å². The van der Waals surface area contributed by atoms with E-state index in [9.17, 15) is 5.11 Å². The highest BCUT2D eigenvalue weighted by molar-refractivity contribution is 5.01. The molecule has 0 radical (unpaired) electrons. The largest absolute Gasteiger partial charge is 0.392 e. The molecule has 0 aromatic carbocycles. The molecule has 1 rings (SSSR count). The zero-order valence-electron chi connectivity index (χ0n) is 7.70. The van der Waals surface area contributed by atoms with Crippen LogP contribution in [0.1, 0.15) is 26.2 Å². The van der Waals surface area contributed by atoms with Crippen molar-refractivity contribution in [2.75, 3.05) is 13.2 Å². The summed E-state index contributed by atoms with van der Waals surface area (Å²) in [5.41, 5.74) is 0. The molecule has 0 saturated carbocycles. The van der Waals surface area contributed by atoms with Gasteiger partial charge in [0.05, 0.1) is 12.7 Å². The van der Waals surface area contributed by atoms with Crippen LogP contribution in [0, 0.1) is 5.92 Å². The van der Waals surface area contributed by atoms with E-state index in [2.05, 4.69) is 13.0 Å². The molecule has 0 aromatic heterocycles. The van der Waals surface area contributed by atoms with Crippen LogP contribution in [0.5, 0.6) is 0 Å². The van der Waals surface area contributed by atoms with E-state index in [1.807, 2.05) is 6.08 Å². The second kappa shape index (κ2) is 5.33. The summed E-state index contributed by atoms with van der Waals surface area (Å²) in [5.74, 6) is 0.238. The fraction of sp³-hybridized carbons (Fsp3) is 0.800. The van der Waals surface area contributed by atoms with E-state index in [0.717, 1.165) is 19.4 Å². The average molecular weight is 170 g/mol. The Balaban J connectivity index is 2.02. The van der Waals surface area contributed by atoms with Gasteiger partial charge in [-0.05, 0) is 12.8 Å². The molecule has 0 aliphatic heterocycles. The summed E-state index contributed by atoms with van der Waals surface area (Å²) in [6, 6.07) is 0. The number of hydrogen-bond donors (Lipinski definition) is 1. The van der Waals surface area contributed by atoms with Crippen molar-refractivity contribution < 1.29 is 9.84 Å². The number of hydrogen-bond acceptors (Lipinski definition) is 2. The lowest BCUT2D eigenvalue weighted by molar-refractivity contribution is 0.0546. The predicted octanol–water partition coefficient (Wildman–Crippen LogP) is 1.74. The van der Waals surface area contributed by atoms with E-state index in [1.54, 1.807) is 0 Å². The van der Waals surface area contributed by atoms with Crippen LogP contribution >= 0.6 is 0 Å². The van der Waals surface area contributed by atoms with Crippen molar-refractivity contribution >= 4 is 0 Å². The highest BCUT2D eigenvalue weighted by Gasteiger charge is 2.19. The Hall–Kier alpha value is -0.340. The first kappa shape index (κ1) is 9.75. The Morgan fingerprint density at radius 1 is 1.58 bits per heavy atom. The highest BCUT2D eigenvalue weighted by Crippen LogP contribution is 2.17. The van der Waals surface area contributed by atoms with Crippen molar-refractivity contribution in [2.24, 2.45) is 5.92 Å². The molecule has 0 fully saturated rings. The predicted molar refractivity (Wildman–Crippen MR) is 49.0 cm³/mol. The third-order valence-electron chi connectivity index (χ3n) is 2.21. The molecule has 1 aliphatic carbocycles. The summed E-state index contributed by atoms with van der Waals surface area (Å²) < 4.78 is 5.42. The molecule has 2 atom stereocenters. The van der Waals surface area contributed by atoms with Gasteiger partial charge in [-0.1, -0.05) is 25.5 Å². The van der Waals surface area contributed by atoms with Crippen molar-refractivity contribution in [3.8, 4) is 0 Å². The van der Waals surface area contributed by atoms with Gasteiger partial charge >= 0.3 is 0 Å². The van der Waals surface area contributed by atoms with Crippen molar-refractivity contribution in [3.63, 3.8) is 0 Å². The van der Waals surface area contributed by atoms with Crippen LogP contribution in [0.15, 0.2) is 12.2 Å². The lowest BCUT2D eigenvalue weighted by atomic mass is 10.1. The Bertz CT molecular complexity index is 143. The summed E-state index contributed by atoms with van der Waals surface area (Å²) >= 11 is 0. The second-order valence-corrected chi connectivity index (χ2v) is 3.32. The van der Waals surface area contributed by atoms with Crippen molar-refractivity contribution in [2.45, 2.75) is 32.3 Å². The van der Waals surface area contributed by atoms with Gasteiger partial charge in [-0.3, -0.25) is 0 Å². The minimum Gasteiger partial charge on any atom is -0.392 e. The van der Waals surface area contributed by atoms with Crippen LogP contribution in [0.25, 0.3) is 0 Å². The zero-order chi connectivity index (χ0) is 8.81. The summed E-state index contributed by atoms with van der Waals surface area (Å²) in [6.45, 7) is 3.65. The molecule has 0 spiro atoms. The molecule has 0 heterocycles. The van der Waals surface area contributed by atoms with Gasteiger partial charge in [-0.15, -0.1) is 0 Å². The summed E-state index contributed by atoms with van der Waals surface area (Å²) in [6.07, 6.45) is 6.96. The van der Waals surface area contributed by atoms with Gasteiger partial charge < -0.3 is 9.84 Å². The van der Waals surface area contributed by atoms with Crippen LogP contribution in [-0.4, -0.2) is 24.4 Å². The molecule has 0 saturated heterocycles. The molecule has 0 amide bonds. The van der Waals surface area contributed by atoms with Gasteiger partial charge in [0.25, 0.3) is 0 Å². The molecule has 2 heteroatoms.